The maximum absolute atomic E-state index is 8.44. The van der Waals surface area contributed by atoms with Crippen LogP contribution < -0.4 is 5.11 Å². The third kappa shape index (κ3) is 12.7. The number of benzene rings is 3. The van der Waals surface area contributed by atoms with E-state index >= 15 is 0 Å². The Morgan fingerprint density at radius 3 is 0.542 bits per heavy atom. The van der Waals surface area contributed by atoms with E-state index in [9.17, 15) is 0 Å². The van der Waals surface area contributed by atoms with Crippen molar-refractivity contribution in [3.8, 4) is 0 Å². The molecule has 1 N–H and O–H groups in total. The number of hydrogen-bond acceptors (Lipinski definition) is 2. The van der Waals surface area contributed by atoms with E-state index in [-0.39, 0.29) is 48.7 Å². The van der Waals surface area contributed by atoms with E-state index in [0.29, 0.717) is 0 Å². The van der Waals surface area contributed by atoms with Crippen LogP contribution in [0.25, 0.3) is 0 Å². The molecule has 0 heterocycles. The first-order valence-corrected chi connectivity index (χ1v) is 23.2. The molecule has 0 aliphatic carbocycles. The van der Waals surface area contributed by atoms with E-state index < -0.39 is 17.1 Å². The molecule has 0 aliphatic heterocycles. The van der Waals surface area contributed by atoms with Crippen molar-refractivity contribution in [1.29, 1.82) is 0 Å². The number of rotatable bonds is 3. The second kappa shape index (κ2) is 16.5. The van der Waals surface area contributed by atoms with Gasteiger partial charge < -0.3 is 15.0 Å². The molecule has 3 nitrogen and oxygen atoms in total. The smallest absolute Gasteiger partial charge is 0.249 e. The standard InChI is InChI=1S/C54H87S.CH2O3/c1-46(2,3)34-28-37(49(10,11)12)43(38(29-34)50(13,14)15)55(44-39(51(16,17)18)30-35(47(4,5)6)31-40(44)52(19,20)21)45-41(53(22,23)24)32-36(48(7,8)9)33-42(45)54(25,26)27;2-1(3)4/h28-33H,1-27H3;(H2,2,3,4)/q+1;/p-1. The van der Waals surface area contributed by atoms with Gasteiger partial charge in [-0.05, 0) is 102 Å². The van der Waals surface area contributed by atoms with Crippen LogP contribution in [-0.4, -0.2) is 11.3 Å². The minimum Gasteiger partial charge on any atom is -0.565 e. The minimum atomic E-state index is -2.08. The number of carbonyl (C=O) groups is 1. The van der Waals surface area contributed by atoms with Crippen molar-refractivity contribution in [2.75, 3.05) is 0 Å². The zero-order valence-electron chi connectivity index (χ0n) is 43.1. The summed E-state index contributed by atoms with van der Waals surface area (Å²) in [6.07, 6.45) is -2.08. The Balaban J connectivity index is 0.00000286. The molecule has 0 aliphatic rings. The Labute approximate surface area is 367 Å². The molecule has 0 atom stereocenters. The summed E-state index contributed by atoms with van der Waals surface area (Å²) in [7, 11) is -0.468. The molecule has 3 rings (SSSR count). The van der Waals surface area contributed by atoms with Crippen LogP contribution in [0.2, 0.25) is 0 Å². The van der Waals surface area contributed by atoms with E-state index in [1.54, 1.807) is 14.7 Å². The molecular formula is C55H88O3S. The summed E-state index contributed by atoms with van der Waals surface area (Å²) >= 11 is 0. The lowest BCUT2D eigenvalue weighted by Gasteiger charge is -2.38. The summed E-state index contributed by atoms with van der Waals surface area (Å²) in [4.78, 5) is 13.1. The van der Waals surface area contributed by atoms with E-state index in [0.717, 1.165) is 0 Å². The van der Waals surface area contributed by atoms with Gasteiger partial charge in [0.05, 0.1) is 0 Å². The van der Waals surface area contributed by atoms with Gasteiger partial charge in [0, 0.05) is 33.4 Å². The van der Waals surface area contributed by atoms with Crippen molar-refractivity contribution in [3.05, 3.63) is 86.5 Å². The van der Waals surface area contributed by atoms with Gasteiger partial charge in [0.2, 0.25) is 6.16 Å². The molecule has 0 spiro atoms. The Morgan fingerprint density at radius 1 is 0.339 bits per heavy atom. The van der Waals surface area contributed by atoms with Crippen molar-refractivity contribution in [2.45, 2.75) is 250 Å². The lowest BCUT2D eigenvalue weighted by molar-refractivity contribution is -0.275. The Kier molecular flexibility index (Phi) is 14.7. The SMILES string of the molecule is CC(C)(C)c1cc(C(C)(C)C)c([S+](c2c(C(C)(C)C)cc(C(C)(C)C)cc2C(C)(C)C)c2c(C(C)(C)C)cc(C(C)(C)C)cc2C(C)(C)C)c(C(C)(C)C)c1.O=C([O-])O. The molecule has 0 aromatic heterocycles. The van der Waals surface area contributed by atoms with Crippen molar-refractivity contribution in [3.63, 3.8) is 0 Å². The monoisotopic (exact) mass is 829 g/mol. The summed E-state index contributed by atoms with van der Waals surface area (Å²) < 4.78 is 0. The normalized spacial score (nSPS) is 14.0. The first-order valence-electron chi connectivity index (χ1n) is 22.0. The molecule has 59 heavy (non-hydrogen) atoms. The Morgan fingerprint density at radius 2 is 0.458 bits per heavy atom. The highest BCUT2D eigenvalue weighted by Gasteiger charge is 2.50. The van der Waals surface area contributed by atoms with Gasteiger partial charge in [0.25, 0.3) is 0 Å². The van der Waals surface area contributed by atoms with Crippen LogP contribution in [0, 0.1) is 0 Å². The van der Waals surface area contributed by atoms with Crippen LogP contribution in [0.1, 0.15) is 237 Å². The minimum absolute atomic E-state index is 0.0140. The van der Waals surface area contributed by atoms with Gasteiger partial charge in [-0.25, -0.2) is 0 Å². The first-order chi connectivity index (χ1) is 25.7. The highest BCUT2D eigenvalue weighted by atomic mass is 32.2. The summed E-state index contributed by atoms with van der Waals surface area (Å²) in [5.41, 5.74) is 12.7. The molecule has 0 bridgehead atoms. The number of hydrogen-bond donors (Lipinski definition) is 1. The van der Waals surface area contributed by atoms with Crippen molar-refractivity contribution < 1.29 is 15.0 Å². The van der Waals surface area contributed by atoms with Crippen LogP contribution in [0.5, 0.6) is 0 Å². The molecule has 4 heteroatoms. The fourth-order valence-corrected chi connectivity index (χ4v) is 11.6. The Hall–Kier alpha value is -2.72. The molecule has 332 valence electrons. The Bertz CT molecular complexity index is 1650. The second-order valence-electron chi connectivity index (χ2n) is 26.5. The van der Waals surface area contributed by atoms with Gasteiger partial charge >= 0.3 is 0 Å². The van der Waals surface area contributed by atoms with Crippen LogP contribution in [0.15, 0.2) is 51.1 Å². The highest BCUT2D eigenvalue weighted by molar-refractivity contribution is 7.97. The molecule has 0 saturated carbocycles. The third-order valence-corrected chi connectivity index (χ3v) is 13.9. The fourth-order valence-electron chi connectivity index (χ4n) is 7.49. The van der Waals surface area contributed by atoms with Gasteiger partial charge in [0.15, 0.2) is 14.7 Å². The van der Waals surface area contributed by atoms with Crippen LogP contribution in [-0.2, 0) is 59.6 Å². The average molecular weight is 829 g/mol. The summed E-state index contributed by atoms with van der Waals surface area (Å²) in [6.45, 7) is 65.8. The summed E-state index contributed by atoms with van der Waals surface area (Å²) in [5.74, 6) is 0. The average Bonchev–Trinajstić information content (AvgIpc) is 2.96. The van der Waals surface area contributed by atoms with E-state index in [1.165, 1.54) is 50.1 Å². The van der Waals surface area contributed by atoms with Gasteiger partial charge in [-0.2, -0.15) is 0 Å². The van der Waals surface area contributed by atoms with Crippen molar-refractivity contribution in [1.82, 2.24) is 0 Å². The lowest BCUT2D eigenvalue weighted by Crippen LogP contribution is -2.33. The zero-order chi connectivity index (χ0) is 46.8. The first kappa shape index (κ1) is 52.4. The number of carboxylic acid groups (broad SMARTS) is 2. The van der Waals surface area contributed by atoms with Gasteiger partial charge in [-0.3, -0.25) is 0 Å². The molecule has 0 saturated heterocycles. The molecule has 0 unspecified atom stereocenters. The fraction of sp³-hybridized carbons (Fsp3) is 0.655. The lowest BCUT2D eigenvalue weighted by atomic mass is 9.75. The van der Waals surface area contributed by atoms with Gasteiger partial charge in [-0.15, -0.1) is 0 Å². The predicted octanol–water partition coefficient (Wildman–Crippen LogP) is 15.3. The topological polar surface area (TPSA) is 60.4 Å². The second-order valence-corrected chi connectivity index (χ2v) is 28.4. The van der Waals surface area contributed by atoms with Crippen LogP contribution >= 0.6 is 0 Å². The third-order valence-electron chi connectivity index (χ3n) is 11.3. The molecule has 0 amide bonds. The van der Waals surface area contributed by atoms with Crippen LogP contribution in [0.4, 0.5) is 4.79 Å². The van der Waals surface area contributed by atoms with Gasteiger partial charge in [-0.1, -0.05) is 187 Å². The van der Waals surface area contributed by atoms with Crippen molar-refractivity contribution >= 4 is 17.1 Å². The quantitative estimate of drug-likeness (QED) is 0.268. The van der Waals surface area contributed by atoms with E-state index in [2.05, 4.69) is 223 Å². The molecule has 0 radical (unpaired) electrons. The summed E-state index contributed by atoms with van der Waals surface area (Å²) in [6, 6.07) is 15.7. The molecule has 0 fully saturated rings. The maximum atomic E-state index is 8.44. The zero-order valence-corrected chi connectivity index (χ0v) is 44.0. The van der Waals surface area contributed by atoms with E-state index in [1.807, 2.05) is 0 Å². The molecular weight excluding hydrogens is 741 g/mol. The molecule has 3 aromatic rings. The van der Waals surface area contributed by atoms with E-state index in [4.69, 9.17) is 15.0 Å². The highest BCUT2D eigenvalue weighted by Crippen LogP contribution is 2.54. The van der Waals surface area contributed by atoms with Gasteiger partial charge in [0.1, 0.15) is 10.9 Å². The largest absolute Gasteiger partial charge is 0.565 e. The maximum Gasteiger partial charge on any atom is 0.249 e. The van der Waals surface area contributed by atoms with Crippen molar-refractivity contribution in [2.24, 2.45) is 0 Å². The predicted molar refractivity (Wildman–Crippen MR) is 258 cm³/mol. The van der Waals surface area contributed by atoms with Crippen LogP contribution in [0.3, 0.4) is 0 Å². The summed E-state index contributed by atoms with van der Waals surface area (Å²) in [5, 5.41) is 15.3. The molecule has 3 aromatic carbocycles.